The van der Waals surface area contributed by atoms with E-state index in [1.807, 2.05) is 55.5 Å². The Kier molecular flexibility index (Phi) is 5.53. The molecule has 2 aliphatic rings. The molecule has 0 aromatic heterocycles. The van der Waals surface area contributed by atoms with Crippen molar-refractivity contribution in [2.45, 2.75) is 24.8 Å². The maximum absolute atomic E-state index is 13.6. The van der Waals surface area contributed by atoms with Crippen LogP contribution in [0.4, 0.5) is 5.69 Å². The number of aryl methyl sites for hydroxylation is 1. The second-order valence-electron chi connectivity index (χ2n) is 7.96. The number of benzene rings is 3. The minimum absolute atomic E-state index is 0.269. The first-order valence-corrected chi connectivity index (χ1v) is 11.7. The summed E-state index contributed by atoms with van der Waals surface area (Å²) in [4.78, 5) is 31.9. The summed E-state index contributed by atoms with van der Waals surface area (Å²) in [6.07, 6.45) is 0.838. The Morgan fingerprint density at radius 2 is 1.53 bits per heavy atom. The molecule has 0 fully saturated rings. The van der Waals surface area contributed by atoms with Crippen LogP contribution in [0, 0.1) is 6.92 Å². The molecule has 2 amide bonds. The number of rotatable bonds is 4. The second kappa shape index (κ2) is 8.49. The monoisotopic (exact) mass is 460 g/mol. The van der Waals surface area contributed by atoms with Crippen LogP contribution in [0.3, 0.4) is 0 Å². The average Bonchev–Trinajstić information content (AvgIpc) is 3.05. The molecule has 3 aromatic rings. The van der Waals surface area contributed by atoms with Gasteiger partial charge in [-0.1, -0.05) is 65.3 Å². The van der Waals surface area contributed by atoms with E-state index >= 15 is 0 Å². The van der Waals surface area contributed by atoms with Gasteiger partial charge in [0.15, 0.2) is 0 Å². The van der Waals surface area contributed by atoms with Gasteiger partial charge in [0.2, 0.25) is 0 Å². The third-order valence-electron chi connectivity index (χ3n) is 5.79. The van der Waals surface area contributed by atoms with E-state index < -0.39 is 0 Å². The van der Waals surface area contributed by atoms with Crippen LogP contribution in [0.5, 0.6) is 0 Å². The highest BCUT2D eigenvalue weighted by Crippen LogP contribution is 2.40. The van der Waals surface area contributed by atoms with E-state index in [2.05, 4.69) is 17.0 Å². The Hall–Kier alpha value is -3.02. The van der Waals surface area contributed by atoms with Crippen molar-refractivity contribution < 1.29 is 9.59 Å². The molecule has 0 bridgehead atoms. The molecule has 0 N–H and O–H groups in total. The summed E-state index contributed by atoms with van der Waals surface area (Å²) >= 11 is 7.36. The van der Waals surface area contributed by atoms with Gasteiger partial charge in [-0.25, -0.2) is 4.90 Å². The molecule has 160 valence electrons. The van der Waals surface area contributed by atoms with Gasteiger partial charge in [0.25, 0.3) is 11.8 Å². The van der Waals surface area contributed by atoms with Crippen molar-refractivity contribution in [1.82, 2.24) is 4.90 Å². The Balaban J connectivity index is 1.55. The molecule has 0 radical (unpaired) electrons. The Bertz CT molecular complexity index is 1240. The van der Waals surface area contributed by atoms with Crippen LogP contribution in [0.25, 0.3) is 0 Å². The molecular formula is C26H21ClN2O2S. The van der Waals surface area contributed by atoms with Crippen LogP contribution < -0.4 is 4.90 Å². The average molecular weight is 461 g/mol. The smallest absolute Gasteiger partial charge is 0.283 e. The van der Waals surface area contributed by atoms with E-state index in [4.69, 9.17) is 11.6 Å². The lowest BCUT2D eigenvalue weighted by atomic mass is 9.99. The highest BCUT2D eigenvalue weighted by atomic mass is 35.5. The van der Waals surface area contributed by atoms with Gasteiger partial charge in [0, 0.05) is 23.0 Å². The van der Waals surface area contributed by atoms with Gasteiger partial charge >= 0.3 is 0 Å². The topological polar surface area (TPSA) is 40.6 Å². The lowest BCUT2D eigenvalue weighted by molar-refractivity contribution is -0.121. The zero-order chi connectivity index (χ0) is 22.2. The number of amides is 2. The van der Waals surface area contributed by atoms with Gasteiger partial charge in [0.1, 0.15) is 10.6 Å². The maximum atomic E-state index is 13.6. The Labute approximate surface area is 196 Å². The number of carbonyl (C=O) groups excluding carboxylic acids is 2. The van der Waals surface area contributed by atoms with E-state index in [0.717, 1.165) is 16.9 Å². The quantitative estimate of drug-likeness (QED) is 0.476. The summed E-state index contributed by atoms with van der Waals surface area (Å²) in [6, 6.07) is 23.1. The highest BCUT2D eigenvalue weighted by molar-refractivity contribution is 8.04. The van der Waals surface area contributed by atoms with E-state index in [9.17, 15) is 9.59 Å². The van der Waals surface area contributed by atoms with E-state index in [-0.39, 0.29) is 11.8 Å². The van der Waals surface area contributed by atoms with Crippen LogP contribution in [-0.2, 0) is 22.6 Å². The van der Waals surface area contributed by atoms with Crippen molar-refractivity contribution in [1.29, 1.82) is 0 Å². The lowest BCUT2D eigenvalue weighted by Gasteiger charge is -2.31. The first kappa shape index (κ1) is 20.9. The highest BCUT2D eigenvalue weighted by Gasteiger charge is 2.43. The maximum Gasteiger partial charge on any atom is 0.283 e. The Morgan fingerprint density at radius 1 is 0.844 bits per heavy atom. The summed E-state index contributed by atoms with van der Waals surface area (Å²) in [6.45, 7) is 3.28. The molecule has 0 atom stereocenters. The molecule has 0 spiro atoms. The fraction of sp³-hybridized carbons (Fsp3) is 0.154. The molecule has 32 heavy (non-hydrogen) atoms. The molecule has 2 heterocycles. The summed E-state index contributed by atoms with van der Waals surface area (Å²) < 4.78 is 0. The molecule has 6 heteroatoms. The van der Waals surface area contributed by atoms with Gasteiger partial charge in [-0.3, -0.25) is 9.59 Å². The van der Waals surface area contributed by atoms with Crippen LogP contribution in [-0.4, -0.2) is 23.3 Å². The molecule has 5 rings (SSSR count). The van der Waals surface area contributed by atoms with E-state index in [0.29, 0.717) is 34.4 Å². The van der Waals surface area contributed by atoms with E-state index in [1.165, 1.54) is 27.8 Å². The number of imide groups is 1. The molecule has 0 unspecified atom stereocenters. The largest absolute Gasteiger partial charge is 0.361 e. The summed E-state index contributed by atoms with van der Waals surface area (Å²) in [5.41, 5.74) is 4.63. The number of halogens is 1. The number of hydrogen-bond acceptors (Lipinski definition) is 4. The van der Waals surface area contributed by atoms with Gasteiger partial charge < -0.3 is 4.90 Å². The Morgan fingerprint density at radius 3 is 2.25 bits per heavy atom. The summed E-state index contributed by atoms with van der Waals surface area (Å²) in [5, 5.41) is 0.631. The predicted octanol–water partition coefficient (Wildman–Crippen LogP) is 5.58. The van der Waals surface area contributed by atoms with Crippen molar-refractivity contribution in [2.24, 2.45) is 0 Å². The fourth-order valence-electron chi connectivity index (χ4n) is 4.10. The molecular weight excluding hydrogens is 440 g/mol. The standard InChI is InChI=1S/C26H21ClN2O2S/c1-17-6-10-21(11-7-17)29-25(30)23(28-15-14-18-4-2-3-5-19(18)16-28)24(26(29)31)32-22-12-8-20(27)9-13-22/h2-13H,14-16H2,1H3. The number of nitrogens with zero attached hydrogens (tertiary/aromatic N) is 2. The normalized spacial score (nSPS) is 16.1. The third-order valence-corrected chi connectivity index (χ3v) is 7.12. The first-order valence-electron chi connectivity index (χ1n) is 10.5. The molecule has 0 saturated heterocycles. The summed E-state index contributed by atoms with van der Waals surface area (Å²) in [7, 11) is 0. The van der Waals surface area contributed by atoms with Crippen LogP contribution >= 0.6 is 23.4 Å². The zero-order valence-electron chi connectivity index (χ0n) is 17.5. The lowest BCUT2D eigenvalue weighted by Crippen LogP contribution is -2.37. The third kappa shape index (κ3) is 3.83. The molecule has 0 saturated carbocycles. The predicted molar refractivity (Wildman–Crippen MR) is 129 cm³/mol. The minimum Gasteiger partial charge on any atom is -0.361 e. The van der Waals surface area contributed by atoms with Crippen LogP contribution in [0.1, 0.15) is 16.7 Å². The van der Waals surface area contributed by atoms with E-state index in [1.54, 1.807) is 12.1 Å². The number of carbonyl (C=O) groups is 2. The SMILES string of the molecule is Cc1ccc(N2C(=O)C(Sc3ccc(Cl)cc3)=C(N3CCc4ccccc4C3)C2=O)cc1. The van der Waals surface area contributed by atoms with Crippen molar-refractivity contribution >= 4 is 40.9 Å². The van der Waals surface area contributed by atoms with Crippen LogP contribution in [0.15, 0.2) is 88.3 Å². The van der Waals surface area contributed by atoms with Crippen molar-refractivity contribution in [3.63, 3.8) is 0 Å². The van der Waals surface area contributed by atoms with Crippen molar-refractivity contribution in [3.05, 3.63) is 105 Å². The molecule has 4 nitrogen and oxygen atoms in total. The summed E-state index contributed by atoms with van der Waals surface area (Å²) in [5.74, 6) is -0.553. The van der Waals surface area contributed by atoms with Gasteiger partial charge in [-0.15, -0.1) is 0 Å². The fourth-order valence-corrected chi connectivity index (χ4v) is 5.23. The zero-order valence-corrected chi connectivity index (χ0v) is 19.1. The van der Waals surface area contributed by atoms with Crippen molar-refractivity contribution in [2.75, 3.05) is 11.4 Å². The number of hydrogen-bond donors (Lipinski definition) is 0. The molecule has 0 aliphatic carbocycles. The van der Waals surface area contributed by atoms with Gasteiger partial charge in [-0.2, -0.15) is 0 Å². The first-order chi connectivity index (χ1) is 15.5. The minimum atomic E-state index is -0.285. The molecule has 3 aromatic carbocycles. The molecule has 2 aliphatic heterocycles. The van der Waals surface area contributed by atoms with Gasteiger partial charge in [-0.05, 0) is 60.9 Å². The van der Waals surface area contributed by atoms with Gasteiger partial charge in [0.05, 0.1) is 5.69 Å². The number of fused-ring (bicyclic) bond motifs is 1. The van der Waals surface area contributed by atoms with Crippen molar-refractivity contribution in [3.8, 4) is 0 Å². The second-order valence-corrected chi connectivity index (χ2v) is 9.48. The van der Waals surface area contributed by atoms with Crippen LogP contribution in [0.2, 0.25) is 5.02 Å². The number of thioether (sulfide) groups is 1. The number of anilines is 1.